The average molecular weight is 243 g/mol. The molecule has 0 saturated carbocycles. The third kappa shape index (κ3) is 1.53. The highest BCUT2D eigenvalue weighted by molar-refractivity contribution is 7.10. The van der Waals surface area contributed by atoms with Crippen LogP contribution in [-0.2, 0) is 11.3 Å². The number of rotatable bonds is 2. The second-order valence-corrected chi connectivity index (χ2v) is 3.34. The van der Waals surface area contributed by atoms with Crippen LogP contribution in [0, 0.1) is 0 Å². The molecule has 1 unspecified atom stereocenters. The van der Waals surface area contributed by atoms with Crippen LogP contribution >= 0.6 is 9.47 Å². The Labute approximate surface area is 93.1 Å². The maximum Gasteiger partial charge on any atom is 0.360 e. The van der Waals surface area contributed by atoms with E-state index >= 15 is 0 Å². The molecule has 7 nitrogen and oxygen atoms in total. The average Bonchev–Trinajstić information content (AvgIpc) is 2.76. The van der Waals surface area contributed by atoms with E-state index in [-0.39, 0.29) is 11.4 Å². The maximum atomic E-state index is 11.9. The van der Waals surface area contributed by atoms with Crippen molar-refractivity contribution in [1.29, 1.82) is 0 Å². The van der Waals surface area contributed by atoms with Gasteiger partial charge < -0.3 is 14.6 Å². The van der Waals surface area contributed by atoms with Crippen molar-refractivity contribution in [2.75, 3.05) is 19.0 Å². The van der Waals surface area contributed by atoms with Gasteiger partial charge in [0, 0.05) is 13.1 Å². The maximum absolute atomic E-state index is 11.9. The van der Waals surface area contributed by atoms with Gasteiger partial charge in [0.25, 0.3) is 5.56 Å². The minimum atomic E-state index is -0.702. The van der Waals surface area contributed by atoms with Gasteiger partial charge in [-0.2, -0.15) is 0 Å². The first kappa shape index (κ1) is 10.9. The Balaban J connectivity index is 2.66. The molecule has 0 spiro atoms. The van der Waals surface area contributed by atoms with E-state index in [1.165, 1.54) is 11.7 Å². The fraction of sp³-hybridized carbons (Fsp3) is 0.375. The molecule has 86 valence electrons. The molecule has 8 heteroatoms. The molecule has 0 bridgehead atoms. The molecule has 2 heterocycles. The first-order valence-electron chi connectivity index (χ1n) is 4.52. The van der Waals surface area contributed by atoms with E-state index in [1.807, 2.05) is 9.47 Å². The molecule has 1 atom stereocenters. The Morgan fingerprint density at radius 3 is 3.00 bits per heavy atom. The first-order chi connectivity index (χ1) is 7.69. The van der Waals surface area contributed by atoms with E-state index in [0.29, 0.717) is 19.0 Å². The zero-order chi connectivity index (χ0) is 11.7. The Hall–Kier alpha value is -1.62. The third-order valence-corrected chi connectivity index (χ3v) is 2.48. The summed E-state index contributed by atoms with van der Waals surface area (Å²) in [5.41, 5.74) is -0.520. The number of carbonyl (C=O) groups is 1. The predicted molar refractivity (Wildman–Crippen MR) is 58.7 cm³/mol. The molecular weight excluding hydrogens is 233 g/mol. The van der Waals surface area contributed by atoms with E-state index in [4.69, 9.17) is 4.52 Å². The monoisotopic (exact) mass is 243 g/mol. The van der Waals surface area contributed by atoms with E-state index in [1.54, 1.807) is 0 Å². The zero-order valence-corrected chi connectivity index (χ0v) is 9.67. The fourth-order valence-corrected chi connectivity index (χ4v) is 1.71. The summed E-state index contributed by atoms with van der Waals surface area (Å²) >= 11 is 0. The van der Waals surface area contributed by atoms with Gasteiger partial charge in [-0.25, -0.2) is 9.78 Å². The normalized spacial score (nSPS) is 12.9. The summed E-state index contributed by atoms with van der Waals surface area (Å²) in [6.07, 6.45) is 0. The van der Waals surface area contributed by atoms with Crippen molar-refractivity contribution in [2.45, 2.75) is 6.54 Å². The Bertz CT molecular complexity index is 499. The standard InChI is InChI=1S/C8H10N3O4P/c1-14-7(13)4-5(15-16)6(12)11-3-2-9-8(11)10-4/h2-3,16H2,1H3,(H,9,10). The lowest BCUT2D eigenvalue weighted by atomic mass is 10.3. The molecule has 0 aliphatic carbocycles. The summed E-state index contributed by atoms with van der Waals surface area (Å²) in [5.74, 6) is -0.466. The molecule has 0 saturated heterocycles. The topological polar surface area (TPSA) is 82.5 Å². The quantitative estimate of drug-likeness (QED) is 0.563. The van der Waals surface area contributed by atoms with E-state index in [0.717, 1.165) is 0 Å². The molecule has 0 amide bonds. The summed E-state index contributed by atoms with van der Waals surface area (Å²) in [5, 5.41) is 2.89. The van der Waals surface area contributed by atoms with Crippen molar-refractivity contribution in [1.82, 2.24) is 9.55 Å². The van der Waals surface area contributed by atoms with E-state index in [2.05, 4.69) is 15.0 Å². The highest BCUT2D eigenvalue weighted by Crippen LogP contribution is 2.19. The highest BCUT2D eigenvalue weighted by Gasteiger charge is 2.24. The molecule has 1 aromatic rings. The molecule has 2 rings (SSSR count). The van der Waals surface area contributed by atoms with Gasteiger partial charge in [0.15, 0.2) is 5.69 Å². The number of methoxy groups -OCH3 is 1. The zero-order valence-electron chi connectivity index (χ0n) is 8.52. The summed E-state index contributed by atoms with van der Waals surface area (Å²) in [6, 6.07) is 0. The van der Waals surface area contributed by atoms with Crippen LogP contribution in [0.25, 0.3) is 0 Å². The van der Waals surface area contributed by atoms with Crippen LogP contribution in [0.1, 0.15) is 10.5 Å². The summed E-state index contributed by atoms with van der Waals surface area (Å²) in [4.78, 5) is 27.3. The molecule has 16 heavy (non-hydrogen) atoms. The molecule has 1 aromatic heterocycles. The molecule has 1 N–H and O–H groups in total. The minimum Gasteiger partial charge on any atom is -0.472 e. The second kappa shape index (κ2) is 4.09. The number of esters is 1. The van der Waals surface area contributed by atoms with E-state index in [9.17, 15) is 9.59 Å². The van der Waals surface area contributed by atoms with Crippen LogP contribution in [0.2, 0.25) is 0 Å². The molecule has 0 radical (unpaired) electrons. The number of carbonyl (C=O) groups excluding carboxylic acids is 1. The molecular formula is C8H10N3O4P. The van der Waals surface area contributed by atoms with Crippen LogP contribution in [-0.4, -0.2) is 29.2 Å². The molecule has 1 aliphatic rings. The Kier molecular flexibility index (Phi) is 2.78. The number of hydrogen-bond donors (Lipinski definition) is 1. The van der Waals surface area contributed by atoms with Gasteiger partial charge in [0.2, 0.25) is 11.7 Å². The van der Waals surface area contributed by atoms with Crippen molar-refractivity contribution < 1.29 is 14.1 Å². The molecule has 1 aliphatic heterocycles. The molecule has 0 fully saturated rings. The van der Waals surface area contributed by atoms with Crippen LogP contribution in [0.5, 0.6) is 5.75 Å². The molecule has 0 aromatic carbocycles. The number of fused-ring (bicyclic) bond motifs is 1. The van der Waals surface area contributed by atoms with Gasteiger partial charge in [0.1, 0.15) is 0 Å². The van der Waals surface area contributed by atoms with Crippen molar-refractivity contribution in [3.05, 3.63) is 16.0 Å². The Morgan fingerprint density at radius 2 is 2.38 bits per heavy atom. The minimum absolute atomic E-state index is 0.121. The number of hydrogen-bond acceptors (Lipinski definition) is 6. The van der Waals surface area contributed by atoms with Gasteiger partial charge in [-0.05, 0) is 0 Å². The van der Waals surface area contributed by atoms with Crippen molar-refractivity contribution >= 4 is 21.4 Å². The SMILES string of the molecule is COC(=O)c1nc2n(c(=O)c1OP)CCN2. The fourth-order valence-electron chi connectivity index (χ4n) is 1.50. The summed E-state index contributed by atoms with van der Waals surface area (Å²) in [6.45, 7) is 1.10. The summed E-state index contributed by atoms with van der Waals surface area (Å²) in [7, 11) is 3.14. The van der Waals surface area contributed by atoms with Crippen LogP contribution in [0.15, 0.2) is 4.79 Å². The van der Waals surface area contributed by atoms with Crippen molar-refractivity contribution in [3.63, 3.8) is 0 Å². The largest absolute Gasteiger partial charge is 0.472 e. The van der Waals surface area contributed by atoms with Crippen LogP contribution in [0.3, 0.4) is 0 Å². The number of nitrogens with one attached hydrogen (secondary N) is 1. The van der Waals surface area contributed by atoms with Crippen LogP contribution < -0.4 is 15.4 Å². The Morgan fingerprint density at radius 1 is 1.62 bits per heavy atom. The smallest absolute Gasteiger partial charge is 0.360 e. The highest BCUT2D eigenvalue weighted by atomic mass is 31.0. The number of anilines is 1. The van der Waals surface area contributed by atoms with Gasteiger partial charge in [-0.3, -0.25) is 9.36 Å². The van der Waals surface area contributed by atoms with E-state index < -0.39 is 11.5 Å². The number of nitrogens with zero attached hydrogens (tertiary/aromatic N) is 2. The lowest BCUT2D eigenvalue weighted by molar-refractivity contribution is 0.0591. The lowest BCUT2D eigenvalue weighted by Crippen LogP contribution is -2.23. The van der Waals surface area contributed by atoms with Gasteiger partial charge in [0.05, 0.1) is 16.6 Å². The van der Waals surface area contributed by atoms with Gasteiger partial charge in [-0.15, -0.1) is 0 Å². The lowest BCUT2D eigenvalue weighted by Gasteiger charge is -2.08. The van der Waals surface area contributed by atoms with Gasteiger partial charge in [-0.1, -0.05) is 0 Å². The van der Waals surface area contributed by atoms with Crippen molar-refractivity contribution in [3.8, 4) is 5.75 Å². The number of aromatic nitrogens is 2. The number of ether oxygens (including phenoxy) is 1. The van der Waals surface area contributed by atoms with Crippen LogP contribution in [0.4, 0.5) is 5.95 Å². The van der Waals surface area contributed by atoms with Crippen molar-refractivity contribution in [2.24, 2.45) is 0 Å². The third-order valence-electron chi connectivity index (χ3n) is 2.24. The second-order valence-electron chi connectivity index (χ2n) is 3.11. The first-order valence-corrected chi connectivity index (χ1v) is 5.00. The van der Waals surface area contributed by atoms with Gasteiger partial charge >= 0.3 is 5.97 Å². The predicted octanol–water partition coefficient (Wildman–Crippen LogP) is -0.376. The summed E-state index contributed by atoms with van der Waals surface area (Å²) < 4.78 is 10.8.